The smallest absolute Gasteiger partial charge is 0.335 e. The molecule has 2 aromatic heterocycles. The predicted molar refractivity (Wildman–Crippen MR) is 152 cm³/mol. The number of nitrogen functional groups attached to an aromatic ring is 1. The number of nitrogens with one attached hydrogen (secondary N) is 4. The van der Waals surface area contributed by atoms with Crippen LogP contribution in [0.2, 0.25) is 0 Å². The average Bonchev–Trinajstić information content (AvgIpc) is 3.37. The number of aromatic carboxylic acids is 1. The first-order valence-electron chi connectivity index (χ1n) is 12.7. The van der Waals surface area contributed by atoms with Crippen molar-refractivity contribution in [2.45, 2.75) is 36.6 Å². The number of carboxylic acids is 2. The zero-order valence-corrected chi connectivity index (χ0v) is 23.1. The first-order chi connectivity index (χ1) is 20.3. The van der Waals surface area contributed by atoms with Gasteiger partial charge in [0.05, 0.1) is 15.8 Å². The van der Waals surface area contributed by atoms with Gasteiger partial charge in [0.25, 0.3) is 21.5 Å². The van der Waals surface area contributed by atoms with Crippen molar-refractivity contribution in [3.8, 4) is 0 Å². The van der Waals surface area contributed by atoms with E-state index in [-0.39, 0.29) is 22.6 Å². The largest absolute Gasteiger partial charge is 0.480 e. The lowest BCUT2D eigenvalue weighted by Gasteiger charge is -2.15. The van der Waals surface area contributed by atoms with Crippen LogP contribution in [0.1, 0.15) is 44.7 Å². The molecule has 43 heavy (non-hydrogen) atoms. The molecule has 2 amide bonds. The van der Waals surface area contributed by atoms with Crippen molar-refractivity contribution < 1.29 is 37.8 Å². The van der Waals surface area contributed by atoms with Crippen molar-refractivity contribution in [3.63, 3.8) is 0 Å². The minimum Gasteiger partial charge on any atom is -0.480 e. The van der Waals surface area contributed by atoms with Crippen molar-refractivity contribution in [1.29, 1.82) is 0 Å². The van der Waals surface area contributed by atoms with Crippen LogP contribution in [0.3, 0.4) is 0 Å². The standard InChI is InChI=1S/C27H26N6O9S/c28-27-31-22-21(24(36)32-27)17(13-29-22)9-6-14-4-7-15(8-5-14)23(35)30-19(26(39)40)10-11-20(34)33-43(41,42)18-3-1-2-16(12-18)25(37)38/h1-5,7-8,12-13,19H,6,9-11H2,(H,30,35)(H,33,34)(H,37,38)(H,39,40)(H4,28,29,31,32,36)/t19-/m0/s1. The molecule has 15 nitrogen and oxygen atoms in total. The molecule has 0 spiro atoms. The summed E-state index contributed by atoms with van der Waals surface area (Å²) >= 11 is 0. The summed E-state index contributed by atoms with van der Waals surface area (Å²) in [7, 11) is -4.41. The van der Waals surface area contributed by atoms with Crippen LogP contribution in [0.25, 0.3) is 11.0 Å². The van der Waals surface area contributed by atoms with Crippen molar-refractivity contribution in [2.24, 2.45) is 0 Å². The Morgan fingerprint density at radius 3 is 2.40 bits per heavy atom. The van der Waals surface area contributed by atoms with Crippen LogP contribution in [0.5, 0.6) is 0 Å². The molecule has 16 heteroatoms. The van der Waals surface area contributed by atoms with E-state index in [2.05, 4.69) is 20.3 Å². The lowest BCUT2D eigenvalue weighted by Crippen LogP contribution is -2.42. The molecule has 8 N–H and O–H groups in total. The summed E-state index contributed by atoms with van der Waals surface area (Å²) in [5.74, 6) is -4.54. The molecule has 0 aliphatic carbocycles. The first kappa shape index (κ1) is 30.4. The van der Waals surface area contributed by atoms with E-state index in [4.69, 9.17) is 10.8 Å². The number of H-pyrrole nitrogens is 2. The van der Waals surface area contributed by atoms with E-state index in [1.54, 1.807) is 23.1 Å². The molecular formula is C27H26N6O9S. The van der Waals surface area contributed by atoms with Crippen LogP contribution in [-0.2, 0) is 32.5 Å². The lowest BCUT2D eigenvalue weighted by molar-refractivity contribution is -0.139. The second-order valence-corrected chi connectivity index (χ2v) is 11.1. The zero-order chi connectivity index (χ0) is 31.3. The molecule has 0 fully saturated rings. The Morgan fingerprint density at radius 1 is 1.00 bits per heavy atom. The third-order valence-corrected chi connectivity index (χ3v) is 7.82. The fourth-order valence-electron chi connectivity index (χ4n) is 4.25. The third-order valence-electron chi connectivity index (χ3n) is 6.44. The van der Waals surface area contributed by atoms with Gasteiger partial charge in [-0.1, -0.05) is 18.2 Å². The number of nitrogens with two attached hydrogens (primary N) is 1. The highest BCUT2D eigenvalue weighted by Crippen LogP contribution is 2.16. The average molecular weight is 611 g/mol. The molecule has 0 aliphatic rings. The van der Waals surface area contributed by atoms with Gasteiger partial charge in [0.1, 0.15) is 11.7 Å². The topological polar surface area (TPSA) is 254 Å². The van der Waals surface area contributed by atoms with Crippen LogP contribution in [0.4, 0.5) is 5.95 Å². The van der Waals surface area contributed by atoms with E-state index in [1.165, 1.54) is 24.3 Å². The number of carboxylic acid groups (broad SMARTS) is 2. The van der Waals surface area contributed by atoms with Crippen LogP contribution >= 0.6 is 0 Å². The van der Waals surface area contributed by atoms with Gasteiger partial charge < -0.3 is 26.2 Å². The summed E-state index contributed by atoms with van der Waals surface area (Å²) in [5, 5.41) is 21.3. The summed E-state index contributed by atoms with van der Waals surface area (Å²) < 4.78 is 26.7. The Hall–Kier alpha value is -5.51. The molecule has 0 bridgehead atoms. The predicted octanol–water partition coefficient (Wildman–Crippen LogP) is 0.785. The molecule has 4 rings (SSSR count). The normalized spacial score (nSPS) is 12.0. The second kappa shape index (κ2) is 12.6. The highest BCUT2D eigenvalue weighted by Gasteiger charge is 2.24. The van der Waals surface area contributed by atoms with Gasteiger partial charge >= 0.3 is 11.9 Å². The minimum absolute atomic E-state index is 0.00166. The number of anilines is 1. The number of hydrogen-bond donors (Lipinski definition) is 7. The van der Waals surface area contributed by atoms with Crippen molar-refractivity contribution in [3.05, 3.63) is 87.3 Å². The van der Waals surface area contributed by atoms with E-state index in [0.717, 1.165) is 23.3 Å². The van der Waals surface area contributed by atoms with Crippen LogP contribution < -0.4 is 21.3 Å². The van der Waals surface area contributed by atoms with Crippen LogP contribution in [0, 0.1) is 0 Å². The van der Waals surface area contributed by atoms with Crippen LogP contribution in [-0.4, -0.2) is 63.4 Å². The third kappa shape index (κ3) is 7.42. The van der Waals surface area contributed by atoms with Gasteiger partial charge in [0, 0.05) is 18.2 Å². The molecule has 0 saturated carbocycles. The Balaban J connectivity index is 1.32. The van der Waals surface area contributed by atoms with E-state index >= 15 is 0 Å². The van der Waals surface area contributed by atoms with Gasteiger partial charge in [-0.15, -0.1) is 0 Å². The molecule has 224 valence electrons. The van der Waals surface area contributed by atoms with E-state index < -0.39 is 57.6 Å². The summed E-state index contributed by atoms with van der Waals surface area (Å²) in [4.78, 5) is 69.0. The molecule has 0 unspecified atom stereocenters. The number of hydrogen-bond acceptors (Lipinski definition) is 9. The van der Waals surface area contributed by atoms with E-state index in [0.29, 0.717) is 23.9 Å². The quantitative estimate of drug-likeness (QED) is 0.118. The summed E-state index contributed by atoms with van der Waals surface area (Å²) in [6.45, 7) is 0. The molecule has 2 heterocycles. The number of amides is 2. The number of benzene rings is 2. The number of rotatable bonds is 12. The number of aromatic nitrogens is 3. The molecule has 1 atom stereocenters. The van der Waals surface area contributed by atoms with Crippen molar-refractivity contribution in [1.82, 2.24) is 25.0 Å². The van der Waals surface area contributed by atoms with Crippen molar-refractivity contribution in [2.75, 3.05) is 5.73 Å². The maximum Gasteiger partial charge on any atom is 0.335 e. The number of aromatic amines is 2. The fourth-order valence-corrected chi connectivity index (χ4v) is 5.31. The molecule has 2 aromatic carbocycles. The molecular weight excluding hydrogens is 584 g/mol. The fraction of sp³-hybridized carbons (Fsp3) is 0.185. The highest BCUT2D eigenvalue weighted by molar-refractivity contribution is 7.90. The summed E-state index contributed by atoms with van der Waals surface area (Å²) in [6, 6.07) is 9.21. The number of aryl methyl sites for hydroxylation is 2. The van der Waals surface area contributed by atoms with Crippen molar-refractivity contribution >= 4 is 50.8 Å². The maximum absolute atomic E-state index is 12.7. The zero-order valence-electron chi connectivity index (χ0n) is 22.3. The number of nitrogens with zero attached hydrogens (tertiary/aromatic N) is 1. The Bertz CT molecular complexity index is 1880. The lowest BCUT2D eigenvalue weighted by atomic mass is 10.0. The van der Waals surface area contributed by atoms with Gasteiger partial charge in [0.2, 0.25) is 11.9 Å². The number of carbonyl (C=O) groups is 4. The Labute approximate surface area is 243 Å². The number of carbonyl (C=O) groups excluding carboxylic acids is 2. The summed E-state index contributed by atoms with van der Waals surface area (Å²) in [5.41, 5.74) is 7.01. The molecule has 0 aliphatic heterocycles. The van der Waals surface area contributed by atoms with Gasteiger partial charge in [-0.2, -0.15) is 4.98 Å². The Morgan fingerprint density at radius 2 is 1.72 bits per heavy atom. The molecule has 0 radical (unpaired) electrons. The molecule has 4 aromatic rings. The van der Waals surface area contributed by atoms with Gasteiger partial charge in [-0.25, -0.2) is 22.7 Å². The van der Waals surface area contributed by atoms with Gasteiger partial charge in [-0.05, 0) is 60.7 Å². The second-order valence-electron chi connectivity index (χ2n) is 9.45. The van der Waals surface area contributed by atoms with E-state index in [1.807, 2.05) is 0 Å². The number of sulfonamides is 1. The van der Waals surface area contributed by atoms with Crippen LogP contribution in [0.15, 0.2) is 64.4 Å². The van der Waals surface area contributed by atoms with E-state index in [9.17, 15) is 37.5 Å². The van der Waals surface area contributed by atoms with Gasteiger partial charge in [0.15, 0.2) is 0 Å². The van der Waals surface area contributed by atoms with Gasteiger partial charge in [-0.3, -0.25) is 19.4 Å². The monoisotopic (exact) mass is 610 g/mol. The SMILES string of the molecule is Nc1nc2[nH]cc(CCc3ccc(C(=O)N[C@@H](CCC(=O)NS(=O)(=O)c4cccc(C(=O)O)c4)C(=O)O)cc3)c2c(=O)[nH]1. The number of fused-ring (bicyclic) bond motifs is 1. The Kier molecular flexibility index (Phi) is 8.89. The highest BCUT2D eigenvalue weighted by atomic mass is 32.2. The molecule has 0 saturated heterocycles. The number of aliphatic carboxylic acids is 1. The summed E-state index contributed by atoms with van der Waals surface area (Å²) in [6.07, 6.45) is 1.71. The minimum atomic E-state index is -4.41. The first-order valence-corrected chi connectivity index (χ1v) is 14.2. The maximum atomic E-state index is 12.7.